The second-order valence-electron chi connectivity index (χ2n) is 5.29. The highest BCUT2D eigenvalue weighted by molar-refractivity contribution is 7.09. The average Bonchev–Trinajstić information content (AvgIpc) is 2.80. The van der Waals surface area contributed by atoms with Crippen molar-refractivity contribution in [1.82, 2.24) is 15.2 Å². The van der Waals surface area contributed by atoms with E-state index in [4.69, 9.17) is 5.73 Å². The van der Waals surface area contributed by atoms with Crippen molar-refractivity contribution in [3.8, 4) is 0 Å². The van der Waals surface area contributed by atoms with Gasteiger partial charge in [-0.3, -0.25) is 4.79 Å². The van der Waals surface area contributed by atoms with Gasteiger partial charge in [0.25, 0.3) is 0 Å². The topological polar surface area (TPSA) is 71.2 Å². The van der Waals surface area contributed by atoms with E-state index in [0.717, 1.165) is 36.6 Å². The van der Waals surface area contributed by atoms with Crippen LogP contribution >= 0.6 is 11.3 Å². The van der Waals surface area contributed by atoms with E-state index < -0.39 is 0 Å². The minimum Gasteiger partial charge on any atom is -0.353 e. The summed E-state index contributed by atoms with van der Waals surface area (Å²) in [5.41, 5.74) is 6.58. The molecule has 0 spiro atoms. The van der Waals surface area contributed by atoms with Crippen LogP contribution in [0.25, 0.3) is 0 Å². The van der Waals surface area contributed by atoms with E-state index in [1.807, 2.05) is 12.3 Å². The third-order valence-electron chi connectivity index (χ3n) is 3.38. The fraction of sp³-hybridized carbons (Fsp3) is 0.692. The van der Waals surface area contributed by atoms with E-state index in [1.54, 1.807) is 0 Å². The van der Waals surface area contributed by atoms with Gasteiger partial charge in [-0.1, -0.05) is 0 Å². The van der Waals surface area contributed by atoms with Crippen LogP contribution in [0.4, 0.5) is 0 Å². The summed E-state index contributed by atoms with van der Waals surface area (Å²) in [6, 6.07) is 0.255. The molecule has 1 amide bonds. The molecule has 1 aromatic rings. The lowest BCUT2D eigenvalue weighted by Crippen LogP contribution is -2.43. The molecule has 0 bridgehead atoms. The zero-order valence-electron chi connectivity index (χ0n) is 11.6. The van der Waals surface area contributed by atoms with Gasteiger partial charge in [0.1, 0.15) is 5.01 Å². The van der Waals surface area contributed by atoms with Crippen molar-refractivity contribution in [3.05, 3.63) is 16.1 Å². The highest BCUT2D eigenvalue weighted by Gasteiger charge is 2.19. The molecule has 2 heterocycles. The molecule has 1 unspecified atom stereocenters. The molecule has 6 heteroatoms. The molecule has 3 N–H and O–H groups in total. The van der Waals surface area contributed by atoms with Gasteiger partial charge in [-0.15, -0.1) is 11.3 Å². The monoisotopic (exact) mass is 282 g/mol. The molecule has 0 radical (unpaired) electrons. The normalized spacial score (nSPS) is 19.3. The maximum absolute atomic E-state index is 11.9. The summed E-state index contributed by atoms with van der Waals surface area (Å²) in [6.45, 7) is 4.01. The summed E-state index contributed by atoms with van der Waals surface area (Å²) in [5, 5.41) is 5.91. The summed E-state index contributed by atoms with van der Waals surface area (Å²) in [5.74, 6) is 0.0658. The number of nitrogens with zero attached hydrogens (tertiary/aromatic N) is 2. The first-order chi connectivity index (χ1) is 9.04. The molecule has 1 aliphatic heterocycles. The van der Waals surface area contributed by atoms with Crippen LogP contribution in [-0.2, 0) is 11.2 Å². The average molecular weight is 282 g/mol. The van der Waals surface area contributed by atoms with E-state index in [9.17, 15) is 4.79 Å². The molecule has 0 aromatic carbocycles. The summed E-state index contributed by atoms with van der Waals surface area (Å²) in [7, 11) is 2.11. The van der Waals surface area contributed by atoms with Crippen LogP contribution in [0.15, 0.2) is 5.38 Å². The molecule has 0 aliphatic carbocycles. The van der Waals surface area contributed by atoms with Crippen LogP contribution in [0.3, 0.4) is 0 Å². The Morgan fingerprint density at radius 3 is 2.89 bits per heavy atom. The number of nitrogens with two attached hydrogens (primary N) is 1. The van der Waals surface area contributed by atoms with Crippen molar-refractivity contribution < 1.29 is 4.79 Å². The zero-order valence-corrected chi connectivity index (χ0v) is 12.4. The lowest BCUT2D eigenvalue weighted by atomic mass is 10.1. The molecule has 5 nitrogen and oxygen atoms in total. The number of piperidine rings is 1. The fourth-order valence-corrected chi connectivity index (χ4v) is 2.99. The smallest absolute Gasteiger partial charge is 0.226 e. The van der Waals surface area contributed by atoms with Crippen molar-refractivity contribution in [3.63, 3.8) is 0 Å². The molecule has 2 rings (SSSR count). The Labute approximate surface area is 118 Å². The van der Waals surface area contributed by atoms with Crippen molar-refractivity contribution in [1.29, 1.82) is 0 Å². The van der Waals surface area contributed by atoms with Crippen LogP contribution < -0.4 is 11.1 Å². The van der Waals surface area contributed by atoms with E-state index in [1.165, 1.54) is 11.3 Å². The van der Waals surface area contributed by atoms with Gasteiger partial charge in [0.15, 0.2) is 0 Å². The van der Waals surface area contributed by atoms with Crippen molar-refractivity contribution in [2.75, 3.05) is 20.1 Å². The highest BCUT2D eigenvalue weighted by atomic mass is 32.1. The van der Waals surface area contributed by atoms with Crippen molar-refractivity contribution >= 4 is 17.2 Å². The van der Waals surface area contributed by atoms with E-state index in [-0.39, 0.29) is 11.9 Å². The molecule has 19 heavy (non-hydrogen) atoms. The second-order valence-corrected chi connectivity index (χ2v) is 6.18. The van der Waals surface area contributed by atoms with Crippen molar-refractivity contribution in [2.24, 2.45) is 5.73 Å². The van der Waals surface area contributed by atoms with Crippen LogP contribution in [0.2, 0.25) is 0 Å². The predicted molar refractivity (Wildman–Crippen MR) is 77.1 cm³/mol. The number of thiazole rings is 1. The quantitative estimate of drug-likeness (QED) is 0.861. The maximum atomic E-state index is 11.9. The van der Waals surface area contributed by atoms with Crippen LogP contribution in [0, 0.1) is 0 Å². The summed E-state index contributed by atoms with van der Waals surface area (Å²) in [4.78, 5) is 18.6. The second kappa shape index (κ2) is 6.45. The first-order valence-corrected chi connectivity index (χ1v) is 7.60. The lowest BCUT2D eigenvalue weighted by molar-refractivity contribution is -0.121. The van der Waals surface area contributed by atoms with E-state index in [2.05, 4.69) is 22.2 Å². The third-order valence-corrected chi connectivity index (χ3v) is 4.48. The maximum Gasteiger partial charge on any atom is 0.226 e. The van der Waals surface area contributed by atoms with E-state index >= 15 is 0 Å². The molecule has 1 atom stereocenters. The van der Waals surface area contributed by atoms with Gasteiger partial charge < -0.3 is 16.0 Å². The molecule has 1 fully saturated rings. The Balaban J connectivity index is 1.80. The molecular weight excluding hydrogens is 260 g/mol. The lowest BCUT2D eigenvalue weighted by Gasteiger charge is -2.29. The van der Waals surface area contributed by atoms with Gasteiger partial charge in [-0.25, -0.2) is 4.98 Å². The Bertz CT molecular complexity index is 424. The fourth-order valence-electron chi connectivity index (χ4n) is 2.21. The molecular formula is C13H22N4OS. The largest absolute Gasteiger partial charge is 0.353 e. The first-order valence-electron chi connectivity index (χ1n) is 6.72. The molecule has 106 valence electrons. The first kappa shape index (κ1) is 14.4. The molecule has 1 aliphatic rings. The van der Waals surface area contributed by atoms with Gasteiger partial charge in [0.2, 0.25) is 5.91 Å². The van der Waals surface area contributed by atoms with Crippen LogP contribution in [0.5, 0.6) is 0 Å². The number of hydrogen-bond donors (Lipinski definition) is 2. The minimum atomic E-state index is -0.0595. The molecule has 1 saturated heterocycles. The minimum absolute atomic E-state index is 0.0595. The molecule has 1 aromatic heterocycles. The molecule has 0 saturated carbocycles. The van der Waals surface area contributed by atoms with Gasteiger partial charge in [0, 0.05) is 11.4 Å². The van der Waals surface area contributed by atoms with Crippen molar-refractivity contribution in [2.45, 2.75) is 38.3 Å². The Kier molecular flexibility index (Phi) is 4.90. The summed E-state index contributed by atoms with van der Waals surface area (Å²) < 4.78 is 0. The number of likely N-dealkylation sites (tertiary alicyclic amines) is 1. The van der Waals surface area contributed by atoms with Crippen LogP contribution in [0.1, 0.15) is 36.5 Å². The highest BCUT2D eigenvalue weighted by Crippen LogP contribution is 2.16. The summed E-state index contributed by atoms with van der Waals surface area (Å²) >= 11 is 1.52. The number of carbonyl (C=O) groups is 1. The number of rotatable bonds is 4. The number of aromatic nitrogens is 1. The SMILES string of the molecule is CC(N)c1nc(CC(=O)NC2CCN(C)CC2)cs1. The Morgan fingerprint density at radius 1 is 1.63 bits per heavy atom. The number of carbonyl (C=O) groups excluding carboxylic acids is 1. The number of hydrogen-bond acceptors (Lipinski definition) is 5. The van der Waals surface area contributed by atoms with Gasteiger partial charge in [-0.05, 0) is 39.9 Å². The van der Waals surface area contributed by atoms with Gasteiger partial charge in [-0.2, -0.15) is 0 Å². The zero-order chi connectivity index (χ0) is 13.8. The predicted octanol–water partition coefficient (Wildman–Crippen LogP) is 0.916. The Hall–Kier alpha value is -0.980. The van der Waals surface area contributed by atoms with Gasteiger partial charge in [0.05, 0.1) is 18.2 Å². The number of nitrogens with one attached hydrogen (secondary N) is 1. The van der Waals surface area contributed by atoms with E-state index in [0.29, 0.717) is 12.5 Å². The number of amides is 1. The third kappa shape index (κ3) is 4.26. The standard InChI is InChI=1S/C13H22N4OS/c1-9(14)13-16-11(8-19-13)7-12(18)15-10-3-5-17(2)6-4-10/h8-10H,3-7,14H2,1-2H3,(H,15,18). The summed E-state index contributed by atoms with van der Waals surface area (Å²) in [6.07, 6.45) is 2.42. The van der Waals surface area contributed by atoms with Crippen LogP contribution in [-0.4, -0.2) is 42.0 Å². The van der Waals surface area contributed by atoms with Gasteiger partial charge >= 0.3 is 0 Å². The Morgan fingerprint density at radius 2 is 2.32 bits per heavy atom.